The predicted molar refractivity (Wildman–Crippen MR) is 54.6 cm³/mol. The first kappa shape index (κ1) is 13.3. The zero-order valence-electron chi connectivity index (χ0n) is 8.71. The molecule has 1 aromatic rings. The van der Waals surface area contributed by atoms with E-state index in [1.807, 2.05) is 0 Å². The monoisotopic (exact) mass is 260 g/mol. The molecule has 17 heavy (non-hydrogen) atoms. The number of rotatable bonds is 3. The summed E-state index contributed by atoms with van der Waals surface area (Å²) in [6.07, 6.45) is -3.13. The maximum Gasteiger partial charge on any atom is 0.310 e. The van der Waals surface area contributed by atoms with Crippen molar-refractivity contribution in [2.45, 2.75) is 12.8 Å². The number of hydrogen-bond donors (Lipinski definition) is 0. The number of halogens is 3. The zero-order valence-corrected chi connectivity index (χ0v) is 9.46. The first-order valence-corrected chi connectivity index (χ1v) is 4.81. The lowest BCUT2D eigenvalue weighted by molar-refractivity contribution is -0.139. The molecule has 0 aliphatic heterocycles. The van der Waals surface area contributed by atoms with E-state index >= 15 is 0 Å². The number of esters is 1. The molecule has 0 aromatic carbocycles. The fourth-order valence-corrected chi connectivity index (χ4v) is 1.44. The van der Waals surface area contributed by atoms with Gasteiger partial charge in [0.05, 0.1) is 19.1 Å². The first-order chi connectivity index (χ1) is 7.99. The van der Waals surface area contributed by atoms with E-state index in [1.54, 1.807) is 6.07 Å². The fraction of sp³-hybridized carbons (Fsp3) is 0.300. The van der Waals surface area contributed by atoms with Crippen LogP contribution in [0.25, 0.3) is 0 Å². The van der Waals surface area contributed by atoms with Gasteiger partial charge in [0, 0.05) is 0 Å². The molecule has 0 amide bonds. The summed E-state index contributed by atoms with van der Waals surface area (Å²) < 4.78 is 29.3. The van der Waals surface area contributed by atoms with Crippen LogP contribution in [-0.4, -0.2) is 18.1 Å². The molecular weight excluding hydrogens is 254 g/mol. The molecule has 0 N–H and O–H groups in total. The van der Waals surface area contributed by atoms with Gasteiger partial charge in [-0.25, -0.2) is 13.8 Å². The van der Waals surface area contributed by atoms with Crippen molar-refractivity contribution in [1.82, 2.24) is 4.98 Å². The third-order valence-electron chi connectivity index (χ3n) is 1.97. The van der Waals surface area contributed by atoms with Crippen molar-refractivity contribution < 1.29 is 18.3 Å². The van der Waals surface area contributed by atoms with Gasteiger partial charge >= 0.3 is 5.97 Å². The normalized spacial score (nSPS) is 10.1. The van der Waals surface area contributed by atoms with Gasteiger partial charge in [0.1, 0.15) is 16.9 Å². The molecule has 0 saturated heterocycles. The van der Waals surface area contributed by atoms with Gasteiger partial charge in [-0.1, -0.05) is 11.6 Å². The number of ether oxygens (including phenoxy) is 1. The van der Waals surface area contributed by atoms with Crippen LogP contribution in [0.2, 0.25) is 5.15 Å². The Kier molecular flexibility index (Phi) is 4.35. The van der Waals surface area contributed by atoms with Gasteiger partial charge in [0.15, 0.2) is 0 Å². The second-order valence-corrected chi connectivity index (χ2v) is 3.40. The average molecular weight is 261 g/mol. The van der Waals surface area contributed by atoms with E-state index in [0.717, 1.165) is 13.2 Å². The summed E-state index contributed by atoms with van der Waals surface area (Å²) in [6, 6.07) is 2.69. The van der Waals surface area contributed by atoms with Gasteiger partial charge in [-0.15, -0.1) is 0 Å². The van der Waals surface area contributed by atoms with Crippen molar-refractivity contribution >= 4 is 17.6 Å². The Morgan fingerprint density at radius 2 is 2.35 bits per heavy atom. The van der Waals surface area contributed by atoms with E-state index in [4.69, 9.17) is 16.9 Å². The summed E-state index contributed by atoms with van der Waals surface area (Å²) in [6.45, 7) is 0. The van der Waals surface area contributed by atoms with Crippen LogP contribution in [0.4, 0.5) is 8.78 Å². The smallest absolute Gasteiger partial charge is 0.310 e. The lowest BCUT2D eigenvalue weighted by Gasteiger charge is -2.07. The quantitative estimate of drug-likeness (QED) is 0.618. The van der Waals surface area contributed by atoms with Gasteiger partial charge < -0.3 is 4.74 Å². The number of carbonyl (C=O) groups is 1. The van der Waals surface area contributed by atoms with E-state index in [9.17, 15) is 13.6 Å². The van der Waals surface area contributed by atoms with Crippen molar-refractivity contribution in [3.8, 4) is 6.07 Å². The third-order valence-corrected chi connectivity index (χ3v) is 2.25. The van der Waals surface area contributed by atoms with E-state index in [2.05, 4.69) is 9.72 Å². The molecule has 0 fully saturated rings. The van der Waals surface area contributed by atoms with Crippen molar-refractivity contribution in [1.29, 1.82) is 5.26 Å². The van der Waals surface area contributed by atoms with Crippen molar-refractivity contribution in [2.75, 3.05) is 7.11 Å². The second kappa shape index (κ2) is 5.55. The summed E-state index contributed by atoms with van der Waals surface area (Å²) in [5.41, 5.74) is -0.594. The Hall–Kier alpha value is -1.74. The minimum Gasteiger partial charge on any atom is -0.469 e. The summed E-state index contributed by atoms with van der Waals surface area (Å²) in [5.74, 6) is -0.649. The first-order valence-electron chi connectivity index (χ1n) is 4.44. The number of hydrogen-bond acceptors (Lipinski definition) is 4. The van der Waals surface area contributed by atoms with Gasteiger partial charge in [-0.2, -0.15) is 5.26 Å². The predicted octanol–water partition coefficient (Wildman–Crippen LogP) is 2.26. The summed E-state index contributed by atoms with van der Waals surface area (Å²) in [7, 11) is 1.16. The molecule has 1 rings (SSSR count). The van der Waals surface area contributed by atoms with Crippen LogP contribution >= 0.6 is 11.6 Å². The Labute approximate surface area is 101 Å². The van der Waals surface area contributed by atoms with Crippen LogP contribution in [0.15, 0.2) is 6.07 Å². The molecule has 0 atom stereocenters. The maximum atomic E-state index is 12.5. The van der Waals surface area contributed by atoms with Crippen molar-refractivity contribution in [3.63, 3.8) is 0 Å². The molecule has 1 aromatic heterocycles. The Balaban J connectivity index is 3.25. The minimum absolute atomic E-state index is 0.0784. The van der Waals surface area contributed by atoms with Crippen LogP contribution < -0.4 is 0 Å². The fourth-order valence-electron chi connectivity index (χ4n) is 1.18. The van der Waals surface area contributed by atoms with Crippen LogP contribution in [0.5, 0.6) is 0 Å². The van der Waals surface area contributed by atoms with Gasteiger partial charge in [-0.3, -0.25) is 4.79 Å². The van der Waals surface area contributed by atoms with Crippen molar-refractivity contribution in [2.24, 2.45) is 0 Å². The molecule has 0 aliphatic carbocycles. The van der Waals surface area contributed by atoms with E-state index in [-0.39, 0.29) is 22.7 Å². The average Bonchev–Trinajstić information content (AvgIpc) is 2.28. The Morgan fingerprint density at radius 1 is 1.71 bits per heavy atom. The third kappa shape index (κ3) is 3.11. The molecule has 0 radical (unpaired) electrons. The number of carbonyl (C=O) groups excluding carboxylic acids is 1. The van der Waals surface area contributed by atoms with Crippen LogP contribution in [0.3, 0.4) is 0 Å². The van der Waals surface area contributed by atoms with Gasteiger partial charge in [-0.05, 0) is 11.6 Å². The molecule has 0 saturated carbocycles. The molecule has 0 unspecified atom stereocenters. The number of methoxy groups -OCH3 is 1. The van der Waals surface area contributed by atoms with Crippen LogP contribution in [0.1, 0.15) is 23.2 Å². The maximum absolute atomic E-state index is 12.5. The molecule has 0 spiro atoms. The molecule has 90 valence electrons. The number of nitriles is 1. The van der Waals surface area contributed by atoms with Crippen molar-refractivity contribution in [3.05, 3.63) is 28.0 Å². The molecule has 0 bridgehead atoms. The molecule has 4 nitrogen and oxygen atoms in total. The summed E-state index contributed by atoms with van der Waals surface area (Å²) in [5, 5.41) is 8.46. The number of nitrogens with zero attached hydrogens (tertiary/aromatic N) is 2. The lowest BCUT2D eigenvalue weighted by atomic mass is 10.1. The molecule has 7 heteroatoms. The van der Waals surface area contributed by atoms with Gasteiger partial charge in [0.25, 0.3) is 6.43 Å². The highest BCUT2D eigenvalue weighted by atomic mass is 35.5. The summed E-state index contributed by atoms with van der Waals surface area (Å²) in [4.78, 5) is 14.4. The lowest BCUT2D eigenvalue weighted by Crippen LogP contribution is -2.08. The van der Waals surface area contributed by atoms with Crippen LogP contribution in [0, 0.1) is 11.3 Å². The van der Waals surface area contributed by atoms with E-state index in [0.29, 0.717) is 0 Å². The highest BCUT2D eigenvalue weighted by molar-refractivity contribution is 6.30. The second-order valence-electron chi connectivity index (χ2n) is 3.04. The zero-order chi connectivity index (χ0) is 13.0. The number of alkyl halides is 2. The highest BCUT2D eigenvalue weighted by Crippen LogP contribution is 2.25. The number of aromatic nitrogens is 1. The summed E-state index contributed by atoms with van der Waals surface area (Å²) >= 11 is 5.59. The molecule has 1 heterocycles. The topological polar surface area (TPSA) is 63.0 Å². The van der Waals surface area contributed by atoms with E-state index in [1.165, 1.54) is 0 Å². The minimum atomic E-state index is -2.82. The molecular formula is C10H7ClF2N2O2. The molecule has 0 aliphatic rings. The van der Waals surface area contributed by atoms with Gasteiger partial charge in [0.2, 0.25) is 0 Å². The SMILES string of the molecule is COC(=O)Cc1cc(C(F)F)nc(Cl)c1C#N. The van der Waals surface area contributed by atoms with Crippen LogP contribution in [-0.2, 0) is 16.0 Å². The van der Waals surface area contributed by atoms with E-state index < -0.39 is 18.1 Å². The number of pyridine rings is 1. The Morgan fingerprint density at radius 3 is 2.82 bits per heavy atom. The largest absolute Gasteiger partial charge is 0.469 e. The standard InChI is InChI=1S/C10H7ClF2N2O2/c1-17-8(16)3-5-2-7(10(12)13)15-9(11)6(5)4-14/h2,10H,3H2,1H3. The highest BCUT2D eigenvalue weighted by Gasteiger charge is 2.18. The Bertz CT molecular complexity index is 486.